The van der Waals surface area contributed by atoms with Gasteiger partial charge in [-0.3, -0.25) is 0 Å². The Balaban J connectivity index is 2.12. The van der Waals surface area contributed by atoms with Gasteiger partial charge in [-0.2, -0.15) is 5.10 Å². The predicted octanol–water partition coefficient (Wildman–Crippen LogP) is 1.81. The second-order valence-corrected chi connectivity index (χ2v) is 4.86. The minimum Gasteiger partial charge on any atom is -0.316 e. The summed E-state index contributed by atoms with van der Waals surface area (Å²) < 4.78 is 2.03. The molecule has 3 rings (SSSR count). The van der Waals surface area contributed by atoms with Gasteiger partial charge in [0.1, 0.15) is 0 Å². The number of nitrogens with zero attached hydrogens (tertiary/aromatic N) is 3. The molecule has 0 bridgehead atoms. The molecule has 0 amide bonds. The van der Waals surface area contributed by atoms with E-state index in [9.17, 15) is 0 Å². The molecule has 1 saturated heterocycles. The predicted molar refractivity (Wildman–Crippen MR) is 67.3 cm³/mol. The maximum absolute atomic E-state index is 4.61. The van der Waals surface area contributed by atoms with Gasteiger partial charge in [-0.05, 0) is 39.3 Å². The van der Waals surface area contributed by atoms with E-state index in [1.807, 2.05) is 17.6 Å². The summed E-state index contributed by atoms with van der Waals surface area (Å²) >= 11 is 0. The van der Waals surface area contributed by atoms with Crippen molar-refractivity contribution >= 4 is 5.65 Å². The zero-order valence-electron chi connectivity index (χ0n) is 10.4. The number of nitrogens with one attached hydrogen (secondary N) is 1. The highest BCUT2D eigenvalue weighted by molar-refractivity contribution is 5.49. The van der Waals surface area contributed by atoms with Gasteiger partial charge in [0.05, 0.1) is 11.4 Å². The first kappa shape index (κ1) is 10.7. The lowest BCUT2D eigenvalue weighted by molar-refractivity contribution is 0.448. The highest BCUT2D eigenvalue weighted by Gasteiger charge is 2.19. The molecule has 0 spiro atoms. The van der Waals surface area contributed by atoms with Crippen molar-refractivity contribution in [3.05, 3.63) is 29.2 Å². The lowest BCUT2D eigenvalue weighted by Crippen LogP contribution is -2.29. The summed E-state index contributed by atoms with van der Waals surface area (Å²) in [5, 5.41) is 8.07. The third kappa shape index (κ3) is 1.72. The van der Waals surface area contributed by atoms with Gasteiger partial charge in [-0.25, -0.2) is 9.50 Å². The van der Waals surface area contributed by atoms with Crippen molar-refractivity contribution in [1.29, 1.82) is 0 Å². The van der Waals surface area contributed by atoms with E-state index in [2.05, 4.69) is 28.4 Å². The first-order valence-corrected chi connectivity index (χ1v) is 6.29. The van der Waals surface area contributed by atoms with Gasteiger partial charge in [0, 0.05) is 24.2 Å². The van der Waals surface area contributed by atoms with E-state index in [-0.39, 0.29) is 0 Å². The first-order valence-electron chi connectivity index (χ1n) is 6.29. The van der Waals surface area contributed by atoms with E-state index in [4.69, 9.17) is 0 Å². The molecule has 0 saturated carbocycles. The number of piperidine rings is 1. The van der Waals surface area contributed by atoms with Crippen molar-refractivity contribution in [2.75, 3.05) is 13.1 Å². The molecule has 2 aromatic heterocycles. The number of aryl methyl sites for hydroxylation is 2. The Morgan fingerprint density at radius 2 is 2.29 bits per heavy atom. The Morgan fingerprint density at radius 1 is 1.41 bits per heavy atom. The molecule has 1 aliphatic heterocycles. The number of hydrogen-bond donors (Lipinski definition) is 1. The Hall–Kier alpha value is -1.42. The first-order chi connectivity index (χ1) is 8.27. The van der Waals surface area contributed by atoms with Crippen LogP contribution < -0.4 is 5.32 Å². The molecular formula is C13H18N4. The van der Waals surface area contributed by atoms with Gasteiger partial charge in [0.2, 0.25) is 0 Å². The van der Waals surface area contributed by atoms with Crippen LogP contribution in [-0.2, 0) is 0 Å². The second-order valence-electron chi connectivity index (χ2n) is 4.86. The molecule has 17 heavy (non-hydrogen) atoms. The lowest BCUT2D eigenvalue weighted by atomic mass is 9.96. The molecule has 2 aromatic rings. The zero-order chi connectivity index (χ0) is 11.8. The van der Waals surface area contributed by atoms with Crippen LogP contribution in [0.4, 0.5) is 0 Å². The second kappa shape index (κ2) is 4.11. The van der Waals surface area contributed by atoms with Gasteiger partial charge in [0.25, 0.3) is 0 Å². The van der Waals surface area contributed by atoms with Crippen LogP contribution in [0.25, 0.3) is 5.65 Å². The van der Waals surface area contributed by atoms with Gasteiger partial charge in [-0.1, -0.05) is 0 Å². The molecule has 3 heterocycles. The minimum absolute atomic E-state index is 0.563. The molecule has 1 unspecified atom stereocenters. The third-order valence-electron chi connectivity index (χ3n) is 3.73. The smallest absolute Gasteiger partial charge is 0.158 e. The fraction of sp³-hybridized carbons (Fsp3) is 0.538. The molecule has 4 heteroatoms. The fourth-order valence-electron chi connectivity index (χ4n) is 2.59. The van der Waals surface area contributed by atoms with E-state index in [1.165, 1.54) is 24.1 Å². The molecule has 1 fully saturated rings. The summed E-state index contributed by atoms with van der Waals surface area (Å²) in [5.74, 6) is 0.563. The molecule has 0 aromatic carbocycles. The Kier molecular flexibility index (Phi) is 2.59. The van der Waals surface area contributed by atoms with Crippen LogP contribution in [0.5, 0.6) is 0 Å². The van der Waals surface area contributed by atoms with E-state index in [0.29, 0.717) is 5.92 Å². The van der Waals surface area contributed by atoms with Crippen molar-refractivity contribution in [2.45, 2.75) is 32.6 Å². The summed E-state index contributed by atoms with van der Waals surface area (Å²) in [7, 11) is 0. The summed E-state index contributed by atoms with van der Waals surface area (Å²) in [5.41, 5.74) is 4.56. The number of rotatable bonds is 1. The van der Waals surface area contributed by atoms with Crippen molar-refractivity contribution in [3.63, 3.8) is 0 Å². The molecule has 4 nitrogen and oxygen atoms in total. The van der Waals surface area contributed by atoms with Crippen LogP contribution in [0.3, 0.4) is 0 Å². The Morgan fingerprint density at radius 3 is 3.06 bits per heavy atom. The topological polar surface area (TPSA) is 42.2 Å². The summed E-state index contributed by atoms with van der Waals surface area (Å²) in [4.78, 5) is 4.44. The Bertz CT molecular complexity index is 538. The highest BCUT2D eigenvalue weighted by atomic mass is 15.3. The molecule has 1 aliphatic rings. The quantitative estimate of drug-likeness (QED) is 0.812. The molecule has 1 atom stereocenters. The van der Waals surface area contributed by atoms with Gasteiger partial charge in [0.15, 0.2) is 5.65 Å². The standard InChI is InChI=1S/C13H18N4/c1-9-10(2)16-17-12(5-7-15-13(9)17)11-4-3-6-14-8-11/h5,7,11,14H,3-4,6,8H2,1-2H3. The molecule has 0 radical (unpaired) electrons. The van der Waals surface area contributed by atoms with Gasteiger partial charge >= 0.3 is 0 Å². The van der Waals surface area contributed by atoms with Crippen LogP contribution in [0.15, 0.2) is 12.3 Å². The lowest BCUT2D eigenvalue weighted by Gasteiger charge is -2.23. The molecule has 1 N–H and O–H groups in total. The fourth-order valence-corrected chi connectivity index (χ4v) is 2.59. The van der Waals surface area contributed by atoms with Crippen LogP contribution in [0.2, 0.25) is 0 Å². The zero-order valence-corrected chi connectivity index (χ0v) is 10.4. The van der Waals surface area contributed by atoms with Crippen molar-refractivity contribution in [2.24, 2.45) is 0 Å². The monoisotopic (exact) mass is 230 g/mol. The number of fused-ring (bicyclic) bond motifs is 1. The van der Waals surface area contributed by atoms with E-state index < -0.39 is 0 Å². The average molecular weight is 230 g/mol. The van der Waals surface area contributed by atoms with E-state index in [0.717, 1.165) is 24.4 Å². The van der Waals surface area contributed by atoms with Gasteiger partial charge < -0.3 is 5.32 Å². The largest absolute Gasteiger partial charge is 0.316 e. The third-order valence-corrected chi connectivity index (χ3v) is 3.73. The van der Waals surface area contributed by atoms with Crippen LogP contribution in [0, 0.1) is 13.8 Å². The summed E-state index contributed by atoms with van der Waals surface area (Å²) in [6, 6.07) is 2.11. The SMILES string of the molecule is Cc1nn2c(C3CCCNC3)ccnc2c1C. The normalized spacial score (nSPS) is 20.9. The maximum atomic E-state index is 4.61. The maximum Gasteiger partial charge on any atom is 0.158 e. The van der Waals surface area contributed by atoms with Crippen molar-refractivity contribution < 1.29 is 0 Å². The van der Waals surface area contributed by atoms with Crippen LogP contribution >= 0.6 is 0 Å². The summed E-state index contributed by atoms with van der Waals surface area (Å²) in [6.07, 6.45) is 4.39. The molecule has 90 valence electrons. The van der Waals surface area contributed by atoms with Gasteiger partial charge in [-0.15, -0.1) is 0 Å². The van der Waals surface area contributed by atoms with E-state index >= 15 is 0 Å². The molecule has 0 aliphatic carbocycles. The average Bonchev–Trinajstić information content (AvgIpc) is 2.67. The minimum atomic E-state index is 0.563. The van der Waals surface area contributed by atoms with Crippen molar-refractivity contribution in [3.8, 4) is 0 Å². The van der Waals surface area contributed by atoms with Crippen LogP contribution in [-0.4, -0.2) is 27.7 Å². The van der Waals surface area contributed by atoms with E-state index in [1.54, 1.807) is 0 Å². The Labute approximate surface area is 101 Å². The number of hydrogen-bond acceptors (Lipinski definition) is 3. The van der Waals surface area contributed by atoms with Crippen molar-refractivity contribution in [1.82, 2.24) is 19.9 Å². The highest BCUT2D eigenvalue weighted by Crippen LogP contribution is 2.24. The molecular weight excluding hydrogens is 212 g/mol. The van der Waals surface area contributed by atoms with Crippen LogP contribution in [0.1, 0.15) is 35.7 Å². The number of aromatic nitrogens is 3. The summed E-state index contributed by atoms with van der Waals surface area (Å²) in [6.45, 7) is 6.33.